The number of carbonyl (C=O) groups excluding carboxylic acids is 2. The summed E-state index contributed by atoms with van der Waals surface area (Å²) < 4.78 is 0. The van der Waals surface area contributed by atoms with E-state index in [9.17, 15) is 9.59 Å². The van der Waals surface area contributed by atoms with E-state index in [1.54, 1.807) is 23.1 Å². The fraction of sp³-hybridized carbons (Fsp3) is 0.310. The van der Waals surface area contributed by atoms with E-state index in [1.807, 2.05) is 68.4 Å². The van der Waals surface area contributed by atoms with Gasteiger partial charge in [0.1, 0.15) is 6.04 Å². The quantitative estimate of drug-likeness (QED) is 0.278. The van der Waals surface area contributed by atoms with Gasteiger partial charge in [-0.3, -0.25) is 9.59 Å². The summed E-state index contributed by atoms with van der Waals surface area (Å²) in [7, 11) is 0. The zero-order valence-corrected chi connectivity index (χ0v) is 22.8. The molecule has 7 heteroatoms. The first-order valence-corrected chi connectivity index (χ1v) is 13.2. The number of rotatable bonds is 11. The fourth-order valence-electron chi connectivity index (χ4n) is 3.91. The van der Waals surface area contributed by atoms with Crippen molar-refractivity contribution in [3.63, 3.8) is 0 Å². The largest absolute Gasteiger partial charge is 0.352 e. The second kappa shape index (κ2) is 13.7. The van der Waals surface area contributed by atoms with Crippen LogP contribution in [0.3, 0.4) is 0 Å². The van der Waals surface area contributed by atoms with Crippen molar-refractivity contribution in [1.29, 1.82) is 0 Å². The Labute approximate surface area is 228 Å². The van der Waals surface area contributed by atoms with E-state index in [0.29, 0.717) is 27.9 Å². The smallest absolute Gasteiger partial charge is 0.243 e. The van der Waals surface area contributed by atoms with E-state index in [0.717, 1.165) is 23.1 Å². The minimum atomic E-state index is -0.716. The molecule has 3 rings (SSSR count). The van der Waals surface area contributed by atoms with E-state index < -0.39 is 6.04 Å². The lowest BCUT2D eigenvalue weighted by Crippen LogP contribution is -2.52. The minimum absolute atomic E-state index is 0.0185. The molecule has 0 unspecified atom stereocenters. The zero-order chi connectivity index (χ0) is 26.1. The molecule has 0 radical (unpaired) electrons. The van der Waals surface area contributed by atoms with Crippen molar-refractivity contribution < 1.29 is 9.59 Å². The maximum atomic E-state index is 13.7. The molecule has 0 aromatic heterocycles. The number of amides is 2. The third-order valence-corrected chi connectivity index (χ3v) is 7.15. The van der Waals surface area contributed by atoms with Gasteiger partial charge in [0.25, 0.3) is 0 Å². The summed E-state index contributed by atoms with van der Waals surface area (Å²) in [4.78, 5) is 28.9. The maximum absolute atomic E-state index is 13.7. The number of carbonyl (C=O) groups is 2. The van der Waals surface area contributed by atoms with Crippen LogP contribution in [0.15, 0.2) is 72.8 Å². The highest BCUT2D eigenvalue weighted by atomic mass is 35.5. The first kappa shape index (κ1) is 28.0. The molecule has 2 atom stereocenters. The predicted molar refractivity (Wildman–Crippen MR) is 149 cm³/mol. The highest BCUT2D eigenvalue weighted by Crippen LogP contribution is 2.25. The Morgan fingerprint density at radius 1 is 0.889 bits per heavy atom. The van der Waals surface area contributed by atoms with Crippen LogP contribution in [-0.2, 0) is 29.0 Å². The topological polar surface area (TPSA) is 49.4 Å². The first-order chi connectivity index (χ1) is 17.3. The molecule has 4 nitrogen and oxygen atoms in total. The highest BCUT2D eigenvalue weighted by molar-refractivity contribution is 6.35. The van der Waals surface area contributed by atoms with Crippen molar-refractivity contribution >= 4 is 46.6 Å². The predicted octanol–water partition coefficient (Wildman–Crippen LogP) is 7.13. The standard InChI is InChI=1S/C29H31Cl3N2O2/c1-3-20(2)33-29(36)27(17-21-9-5-4-6-10-21)34(19-23-13-15-24(30)18-26(23)32)28(35)16-14-22-11-7-8-12-25(22)31/h4-13,15,18,20,27H,3,14,16-17,19H2,1-2H3,(H,33,36)/t20-,27-/m1/s1. The van der Waals surface area contributed by atoms with Crippen LogP contribution in [-0.4, -0.2) is 28.8 Å². The summed E-state index contributed by atoms with van der Waals surface area (Å²) in [6.45, 7) is 4.15. The van der Waals surface area contributed by atoms with Crippen LogP contribution >= 0.6 is 34.8 Å². The lowest BCUT2D eigenvalue weighted by atomic mass is 10.0. The molecule has 190 valence electrons. The Morgan fingerprint density at radius 2 is 1.58 bits per heavy atom. The lowest BCUT2D eigenvalue weighted by Gasteiger charge is -2.32. The minimum Gasteiger partial charge on any atom is -0.352 e. The van der Waals surface area contributed by atoms with Crippen LogP contribution in [0.25, 0.3) is 0 Å². The number of hydrogen-bond donors (Lipinski definition) is 1. The normalized spacial score (nSPS) is 12.6. The molecule has 2 amide bonds. The van der Waals surface area contributed by atoms with Gasteiger partial charge < -0.3 is 10.2 Å². The number of halogens is 3. The maximum Gasteiger partial charge on any atom is 0.243 e. The Balaban J connectivity index is 1.95. The SMILES string of the molecule is CC[C@@H](C)NC(=O)[C@@H](Cc1ccccc1)N(Cc1ccc(Cl)cc1Cl)C(=O)CCc1ccccc1Cl. The summed E-state index contributed by atoms with van der Waals surface area (Å²) in [5.41, 5.74) is 2.58. The highest BCUT2D eigenvalue weighted by Gasteiger charge is 2.31. The monoisotopic (exact) mass is 544 g/mol. The van der Waals surface area contributed by atoms with Crippen LogP contribution in [0, 0.1) is 0 Å². The Hall–Kier alpha value is -2.53. The molecule has 0 aliphatic carbocycles. The van der Waals surface area contributed by atoms with E-state index in [1.165, 1.54) is 0 Å². The number of hydrogen-bond acceptors (Lipinski definition) is 2. The molecule has 36 heavy (non-hydrogen) atoms. The van der Waals surface area contributed by atoms with Crippen molar-refractivity contribution in [2.75, 3.05) is 0 Å². The second-order valence-electron chi connectivity index (χ2n) is 8.87. The molecule has 3 aromatic carbocycles. The van der Waals surface area contributed by atoms with Crippen LogP contribution in [0.2, 0.25) is 15.1 Å². The summed E-state index contributed by atoms with van der Waals surface area (Å²) in [6.07, 6.45) is 1.84. The van der Waals surface area contributed by atoms with E-state index in [-0.39, 0.29) is 30.8 Å². The van der Waals surface area contributed by atoms with Gasteiger partial charge in [-0.25, -0.2) is 0 Å². The number of nitrogens with one attached hydrogen (secondary N) is 1. The molecule has 0 aliphatic rings. The van der Waals surface area contributed by atoms with Gasteiger partial charge in [0.05, 0.1) is 0 Å². The Morgan fingerprint density at radius 3 is 2.25 bits per heavy atom. The van der Waals surface area contributed by atoms with E-state index in [2.05, 4.69) is 5.32 Å². The summed E-state index contributed by atoms with van der Waals surface area (Å²) in [6, 6.07) is 21.6. The molecule has 0 saturated heterocycles. The molecule has 0 fully saturated rings. The molecule has 0 spiro atoms. The van der Waals surface area contributed by atoms with Gasteiger partial charge in [0, 0.05) is 40.5 Å². The van der Waals surface area contributed by atoms with Crippen molar-refractivity contribution in [2.24, 2.45) is 0 Å². The Kier molecular flexibility index (Phi) is 10.7. The van der Waals surface area contributed by atoms with Crippen LogP contribution in [0.5, 0.6) is 0 Å². The summed E-state index contributed by atoms with van der Waals surface area (Å²) in [5, 5.41) is 4.65. The molecular weight excluding hydrogens is 515 g/mol. The molecule has 0 aliphatic heterocycles. The van der Waals surface area contributed by atoms with Gasteiger partial charge in [0.2, 0.25) is 11.8 Å². The molecule has 0 bridgehead atoms. The van der Waals surface area contributed by atoms with Gasteiger partial charge in [0.15, 0.2) is 0 Å². The van der Waals surface area contributed by atoms with Crippen LogP contribution < -0.4 is 5.32 Å². The van der Waals surface area contributed by atoms with Crippen LogP contribution in [0.4, 0.5) is 0 Å². The van der Waals surface area contributed by atoms with Gasteiger partial charge >= 0.3 is 0 Å². The first-order valence-electron chi connectivity index (χ1n) is 12.1. The molecular formula is C29H31Cl3N2O2. The average Bonchev–Trinajstić information content (AvgIpc) is 2.87. The van der Waals surface area contributed by atoms with Crippen molar-refractivity contribution in [2.45, 2.75) is 58.2 Å². The second-order valence-corrected chi connectivity index (χ2v) is 10.1. The average molecular weight is 546 g/mol. The Bertz CT molecular complexity index is 1170. The molecule has 1 N–H and O–H groups in total. The number of nitrogens with zero attached hydrogens (tertiary/aromatic N) is 1. The van der Waals surface area contributed by atoms with E-state index >= 15 is 0 Å². The third kappa shape index (κ3) is 7.99. The number of benzene rings is 3. The lowest BCUT2D eigenvalue weighted by molar-refractivity contribution is -0.141. The summed E-state index contributed by atoms with van der Waals surface area (Å²) in [5.74, 6) is -0.342. The van der Waals surface area contributed by atoms with Crippen molar-refractivity contribution in [1.82, 2.24) is 10.2 Å². The van der Waals surface area contributed by atoms with Crippen molar-refractivity contribution in [3.8, 4) is 0 Å². The number of aryl methyl sites for hydroxylation is 1. The van der Waals surface area contributed by atoms with Gasteiger partial charge in [-0.1, -0.05) is 96.3 Å². The van der Waals surface area contributed by atoms with Crippen LogP contribution in [0.1, 0.15) is 43.4 Å². The van der Waals surface area contributed by atoms with Crippen molar-refractivity contribution in [3.05, 3.63) is 105 Å². The fourth-order valence-corrected chi connectivity index (χ4v) is 4.61. The zero-order valence-electron chi connectivity index (χ0n) is 20.5. The van der Waals surface area contributed by atoms with Gasteiger partial charge in [-0.05, 0) is 54.7 Å². The molecule has 0 heterocycles. The molecule has 3 aromatic rings. The molecule has 0 saturated carbocycles. The summed E-state index contributed by atoms with van der Waals surface area (Å²) >= 11 is 18.9. The third-order valence-electron chi connectivity index (χ3n) is 6.19. The van der Waals surface area contributed by atoms with Gasteiger partial charge in [-0.2, -0.15) is 0 Å². The van der Waals surface area contributed by atoms with E-state index in [4.69, 9.17) is 34.8 Å². The van der Waals surface area contributed by atoms with Gasteiger partial charge in [-0.15, -0.1) is 0 Å².